The molecule has 0 unspecified atom stereocenters. The second-order valence-corrected chi connectivity index (χ2v) is 9.51. The smallest absolute Gasteiger partial charge is 0.177 e. The molecule has 3 aromatic heterocycles. The molecule has 0 amide bonds. The van der Waals surface area contributed by atoms with E-state index in [2.05, 4.69) is 31.1 Å². The maximum absolute atomic E-state index is 6.56. The average Bonchev–Trinajstić information content (AvgIpc) is 3.30. The van der Waals surface area contributed by atoms with Crippen LogP contribution in [0.3, 0.4) is 0 Å². The van der Waals surface area contributed by atoms with Crippen molar-refractivity contribution in [1.29, 1.82) is 0 Å². The predicted molar refractivity (Wildman–Crippen MR) is 130 cm³/mol. The van der Waals surface area contributed by atoms with Crippen molar-refractivity contribution in [3.05, 3.63) is 58.3 Å². The van der Waals surface area contributed by atoms with Gasteiger partial charge in [-0.3, -0.25) is 5.10 Å². The van der Waals surface area contributed by atoms with Crippen LogP contribution in [0.25, 0.3) is 22.4 Å². The van der Waals surface area contributed by atoms with Gasteiger partial charge in [-0.2, -0.15) is 5.10 Å². The summed E-state index contributed by atoms with van der Waals surface area (Å²) in [7, 11) is 0. The van der Waals surface area contributed by atoms with E-state index in [0.29, 0.717) is 45.8 Å². The van der Waals surface area contributed by atoms with Crippen LogP contribution in [0.4, 0.5) is 11.6 Å². The Morgan fingerprint density at radius 2 is 2.00 bits per heavy atom. The number of fused-ring (bicyclic) bond motifs is 2. The van der Waals surface area contributed by atoms with E-state index >= 15 is 0 Å². The van der Waals surface area contributed by atoms with Gasteiger partial charge in [0.25, 0.3) is 0 Å². The van der Waals surface area contributed by atoms with Gasteiger partial charge in [-0.1, -0.05) is 41.4 Å². The second kappa shape index (κ2) is 7.55. The Morgan fingerprint density at radius 1 is 1.15 bits per heavy atom. The first kappa shape index (κ1) is 20.7. The van der Waals surface area contributed by atoms with Gasteiger partial charge in [-0.25, -0.2) is 15.0 Å². The summed E-state index contributed by atoms with van der Waals surface area (Å²) in [6, 6.07) is 9.84. The van der Waals surface area contributed by atoms with Gasteiger partial charge in [-0.05, 0) is 36.0 Å². The fraction of sp³-hybridized carbons (Fsp3) is 0.304. The molecule has 0 bridgehead atoms. The molecular formula is C23H22Cl2N8. The van der Waals surface area contributed by atoms with Crippen LogP contribution in [0, 0.1) is 11.8 Å². The van der Waals surface area contributed by atoms with Gasteiger partial charge < -0.3 is 16.4 Å². The van der Waals surface area contributed by atoms with Crippen molar-refractivity contribution in [2.45, 2.75) is 11.8 Å². The number of rotatable bonds is 4. The summed E-state index contributed by atoms with van der Waals surface area (Å²) in [5.74, 6) is 2.04. The van der Waals surface area contributed by atoms with E-state index < -0.39 is 0 Å². The first-order valence-electron chi connectivity index (χ1n) is 10.9. The number of H-pyrrole nitrogens is 1. The van der Waals surface area contributed by atoms with Crippen LogP contribution in [0.2, 0.25) is 10.0 Å². The highest BCUT2D eigenvalue weighted by Crippen LogP contribution is 2.64. The Labute approximate surface area is 200 Å². The highest BCUT2D eigenvalue weighted by Gasteiger charge is 2.66. The maximum atomic E-state index is 6.56. The minimum absolute atomic E-state index is 0.0657. The molecule has 3 atom stereocenters. The molecule has 1 aliphatic carbocycles. The summed E-state index contributed by atoms with van der Waals surface area (Å²) in [6.07, 6.45) is 4.43. The van der Waals surface area contributed by atoms with E-state index in [0.717, 1.165) is 30.4 Å². The van der Waals surface area contributed by atoms with Gasteiger partial charge in [-0.15, -0.1) is 0 Å². The van der Waals surface area contributed by atoms with E-state index in [1.54, 1.807) is 18.5 Å². The number of piperidine rings is 1. The summed E-state index contributed by atoms with van der Waals surface area (Å²) in [4.78, 5) is 15.8. The number of pyridine rings is 1. The van der Waals surface area contributed by atoms with Crippen LogP contribution in [0.5, 0.6) is 0 Å². The molecular weight excluding hydrogens is 459 g/mol. The molecule has 4 aromatic rings. The molecule has 1 saturated heterocycles. The topological polar surface area (TPSA) is 123 Å². The van der Waals surface area contributed by atoms with Gasteiger partial charge in [0, 0.05) is 41.8 Å². The summed E-state index contributed by atoms with van der Waals surface area (Å²) >= 11 is 12.9. The zero-order valence-electron chi connectivity index (χ0n) is 17.7. The Morgan fingerprint density at radius 3 is 2.82 bits per heavy atom. The van der Waals surface area contributed by atoms with Crippen molar-refractivity contribution in [2.75, 3.05) is 30.3 Å². The fourth-order valence-corrected chi connectivity index (χ4v) is 6.12. The normalized spacial score (nSPS) is 24.2. The lowest BCUT2D eigenvalue weighted by Crippen LogP contribution is -2.32. The summed E-state index contributed by atoms with van der Waals surface area (Å²) < 4.78 is 0. The zero-order chi connectivity index (χ0) is 22.7. The molecule has 10 heteroatoms. The van der Waals surface area contributed by atoms with Gasteiger partial charge in [0.1, 0.15) is 22.8 Å². The van der Waals surface area contributed by atoms with Crippen LogP contribution in [-0.2, 0) is 5.41 Å². The third-order valence-corrected chi connectivity index (χ3v) is 8.02. The Balaban J connectivity index is 1.30. The Hall–Kier alpha value is -2.94. The number of anilines is 2. The molecule has 5 N–H and O–H groups in total. The lowest BCUT2D eigenvalue weighted by Gasteiger charge is -2.26. The molecule has 1 aliphatic heterocycles. The number of nitrogens with one attached hydrogen (secondary N) is 1. The number of benzene rings is 1. The van der Waals surface area contributed by atoms with Crippen molar-refractivity contribution in [3.63, 3.8) is 0 Å². The first-order chi connectivity index (χ1) is 16.0. The minimum Gasteiger partial charge on any atom is -0.382 e. The molecule has 168 valence electrons. The monoisotopic (exact) mass is 480 g/mol. The maximum Gasteiger partial charge on any atom is 0.177 e. The quantitative estimate of drug-likeness (QED) is 0.407. The molecule has 8 nitrogen and oxygen atoms in total. The molecule has 2 fully saturated rings. The Kier molecular flexibility index (Phi) is 4.72. The molecule has 4 heterocycles. The SMILES string of the molecule is NC[C@]1(c2ccccc2Cl)[C@@H]2CCN(c3cnc4c(-c5ccnc(N)c5Cl)n[nH]c4n3)C[C@@H]21. The molecule has 0 radical (unpaired) electrons. The lowest BCUT2D eigenvalue weighted by atomic mass is 9.91. The first-order valence-corrected chi connectivity index (χ1v) is 11.6. The van der Waals surface area contributed by atoms with Crippen molar-refractivity contribution < 1.29 is 0 Å². The lowest BCUT2D eigenvalue weighted by molar-refractivity contribution is 0.545. The summed E-state index contributed by atoms with van der Waals surface area (Å²) in [5, 5.41) is 8.53. The Bertz CT molecular complexity index is 1370. The highest BCUT2D eigenvalue weighted by molar-refractivity contribution is 6.35. The number of aromatic amines is 1. The number of halogens is 2. The van der Waals surface area contributed by atoms with Gasteiger partial charge in [0.15, 0.2) is 5.65 Å². The second-order valence-electron chi connectivity index (χ2n) is 8.73. The zero-order valence-corrected chi connectivity index (χ0v) is 19.2. The van der Waals surface area contributed by atoms with E-state index in [1.165, 1.54) is 5.56 Å². The van der Waals surface area contributed by atoms with Gasteiger partial charge in [0.05, 0.1) is 11.2 Å². The van der Waals surface area contributed by atoms with Gasteiger partial charge in [0.2, 0.25) is 0 Å². The molecule has 6 rings (SSSR count). The average molecular weight is 481 g/mol. The third-order valence-electron chi connectivity index (χ3n) is 7.29. The molecule has 2 aliphatic rings. The largest absolute Gasteiger partial charge is 0.382 e. The standard InChI is InChI=1S/C23H22Cl2N8/c24-16-4-2-1-3-14(16)23(11-26)13-6-8-33(10-15(13)23)17-9-29-20-19(31-32-22(20)30-17)12-5-7-28-21(27)18(12)25/h1-5,7,9,13,15H,6,8,10-11,26H2,(H2,27,28)(H,30,31,32)/t13-,15+,23-/m1/s1. The fourth-order valence-electron chi connectivity index (χ4n) is 5.61. The van der Waals surface area contributed by atoms with Crippen LogP contribution >= 0.6 is 23.2 Å². The van der Waals surface area contributed by atoms with Crippen molar-refractivity contribution in [3.8, 4) is 11.3 Å². The van der Waals surface area contributed by atoms with E-state index in [9.17, 15) is 0 Å². The number of nitrogens with zero attached hydrogens (tertiary/aromatic N) is 5. The van der Waals surface area contributed by atoms with Crippen LogP contribution in [-0.4, -0.2) is 44.8 Å². The van der Waals surface area contributed by atoms with E-state index in [4.69, 9.17) is 39.7 Å². The molecule has 1 aromatic carbocycles. The number of aromatic nitrogens is 5. The van der Waals surface area contributed by atoms with Crippen molar-refractivity contribution >= 4 is 46.0 Å². The van der Waals surface area contributed by atoms with Crippen LogP contribution < -0.4 is 16.4 Å². The summed E-state index contributed by atoms with van der Waals surface area (Å²) in [6.45, 7) is 2.34. The van der Waals surface area contributed by atoms with Crippen molar-refractivity contribution in [1.82, 2.24) is 25.1 Å². The number of nitrogen functional groups attached to an aromatic ring is 1. The molecule has 1 saturated carbocycles. The predicted octanol–water partition coefficient (Wildman–Crippen LogP) is 3.66. The summed E-state index contributed by atoms with van der Waals surface area (Å²) in [5.41, 5.74) is 15.8. The van der Waals surface area contributed by atoms with Crippen LogP contribution in [0.1, 0.15) is 12.0 Å². The van der Waals surface area contributed by atoms with E-state index in [-0.39, 0.29) is 11.2 Å². The number of hydrogen-bond donors (Lipinski definition) is 3. The number of nitrogens with two attached hydrogens (primary N) is 2. The van der Waals surface area contributed by atoms with Crippen molar-refractivity contribution in [2.24, 2.45) is 17.6 Å². The minimum atomic E-state index is -0.0657. The molecule has 0 spiro atoms. The highest BCUT2D eigenvalue weighted by atomic mass is 35.5. The number of hydrogen-bond acceptors (Lipinski definition) is 7. The molecule has 33 heavy (non-hydrogen) atoms. The third kappa shape index (κ3) is 3.01. The van der Waals surface area contributed by atoms with Gasteiger partial charge >= 0.3 is 0 Å². The van der Waals surface area contributed by atoms with Crippen LogP contribution in [0.15, 0.2) is 42.7 Å². The van der Waals surface area contributed by atoms with E-state index in [1.807, 2.05) is 18.2 Å².